The highest BCUT2D eigenvalue weighted by Gasteiger charge is 2.20. The normalized spacial score (nSPS) is 18.5. The summed E-state index contributed by atoms with van der Waals surface area (Å²) in [6.07, 6.45) is 3.73. The van der Waals surface area contributed by atoms with Crippen LogP contribution in [0, 0.1) is 5.92 Å². The Bertz CT molecular complexity index is 383. The standard InChI is InChI=1S/C13H18ClNOS/c1-2-10-5-7-15(8-6-10)9-11(16)12-3-4-13(14)17-12/h3-4,10H,2,5-9H2,1H3. The van der Waals surface area contributed by atoms with E-state index < -0.39 is 0 Å². The van der Waals surface area contributed by atoms with Crippen molar-refractivity contribution < 1.29 is 4.79 Å². The van der Waals surface area contributed by atoms with Gasteiger partial charge in [-0.3, -0.25) is 9.69 Å². The third kappa shape index (κ3) is 3.54. The lowest BCUT2D eigenvalue weighted by Crippen LogP contribution is -2.37. The van der Waals surface area contributed by atoms with E-state index in [0.29, 0.717) is 10.9 Å². The number of halogens is 1. The van der Waals surface area contributed by atoms with Crippen LogP contribution in [0.3, 0.4) is 0 Å². The molecule has 0 saturated carbocycles. The molecule has 17 heavy (non-hydrogen) atoms. The molecular weight excluding hydrogens is 254 g/mol. The number of carbonyl (C=O) groups excluding carboxylic acids is 1. The SMILES string of the molecule is CCC1CCN(CC(=O)c2ccc(Cl)s2)CC1. The Balaban J connectivity index is 1.84. The quantitative estimate of drug-likeness (QED) is 0.778. The summed E-state index contributed by atoms with van der Waals surface area (Å²) in [5, 5.41) is 0. The van der Waals surface area contributed by atoms with Gasteiger partial charge in [0.2, 0.25) is 0 Å². The molecule has 0 N–H and O–H groups in total. The van der Waals surface area contributed by atoms with Crippen LogP contribution in [-0.2, 0) is 0 Å². The predicted octanol–water partition coefficient (Wildman–Crippen LogP) is 3.71. The van der Waals surface area contributed by atoms with Crippen LogP contribution in [0.1, 0.15) is 35.9 Å². The van der Waals surface area contributed by atoms with Crippen molar-refractivity contribution in [2.24, 2.45) is 5.92 Å². The second-order valence-electron chi connectivity index (χ2n) is 4.65. The van der Waals surface area contributed by atoms with Gasteiger partial charge in [0, 0.05) is 0 Å². The van der Waals surface area contributed by atoms with E-state index in [0.717, 1.165) is 23.9 Å². The molecular formula is C13H18ClNOS. The van der Waals surface area contributed by atoms with Crippen LogP contribution in [0.4, 0.5) is 0 Å². The molecule has 0 aromatic carbocycles. The fourth-order valence-corrected chi connectivity index (χ4v) is 3.27. The monoisotopic (exact) mass is 271 g/mol. The first-order valence-corrected chi connectivity index (χ1v) is 7.39. The van der Waals surface area contributed by atoms with Crippen molar-refractivity contribution in [1.29, 1.82) is 0 Å². The number of hydrogen-bond donors (Lipinski definition) is 0. The molecule has 0 atom stereocenters. The number of thiophene rings is 1. The summed E-state index contributed by atoms with van der Waals surface area (Å²) < 4.78 is 0.693. The van der Waals surface area contributed by atoms with Crippen molar-refractivity contribution in [3.8, 4) is 0 Å². The molecule has 1 aromatic rings. The van der Waals surface area contributed by atoms with Gasteiger partial charge in [0.15, 0.2) is 5.78 Å². The van der Waals surface area contributed by atoms with Gasteiger partial charge in [-0.25, -0.2) is 0 Å². The molecule has 0 radical (unpaired) electrons. The zero-order chi connectivity index (χ0) is 12.3. The Labute approximate surface area is 112 Å². The van der Waals surface area contributed by atoms with Crippen LogP contribution < -0.4 is 0 Å². The maximum Gasteiger partial charge on any atom is 0.186 e. The van der Waals surface area contributed by atoms with E-state index in [2.05, 4.69) is 11.8 Å². The Morgan fingerprint density at radius 3 is 2.71 bits per heavy atom. The van der Waals surface area contributed by atoms with Crippen molar-refractivity contribution in [3.05, 3.63) is 21.3 Å². The molecule has 4 heteroatoms. The van der Waals surface area contributed by atoms with Gasteiger partial charge in [-0.1, -0.05) is 24.9 Å². The molecule has 0 bridgehead atoms. The summed E-state index contributed by atoms with van der Waals surface area (Å²) in [4.78, 5) is 15.0. The second-order valence-corrected chi connectivity index (χ2v) is 6.37. The minimum atomic E-state index is 0.205. The lowest BCUT2D eigenvalue weighted by molar-refractivity contribution is 0.0898. The van der Waals surface area contributed by atoms with Gasteiger partial charge in [0.25, 0.3) is 0 Å². The molecule has 2 rings (SSSR count). The van der Waals surface area contributed by atoms with Crippen molar-refractivity contribution in [3.63, 3.8) is 0 Å². The van der Waals surface area contributed by atoms with Gasteiger partial charge in [0.1, 0.15) is 0 Å². The molecule has 0 aliphatic carbocycles. The highest BCUT2D eigenvalue weighted by atomic mass is 35.5. The molecule has 2 nitrogen and oxygen atoms in total. The lowest BCUT2D eigenvalue weighted by Gasteiger charge is -2.30. The molecule has 0 amide bonds. The van der Waals surface area contributed by atoms with Gasteiger partial charge < -0.3 is 0 Å². The van der Waals surface area contributed by atoms with E-state index in [1.807, 2.05) is 6.07 Å². The number of piperidine rings is 1. The number of nitrogens with zero attached hydrogens (tertiary/aromatic N) is 1. The van der Waals surface area contributed by atoms with Crippen LogP contribution in [0.15, 0.2) is 12.1 Å². The Kier molecular flexibility index (Phi) is 4.60. The summed E-state index contributed by atoms with van der Waals surface area (Å²) in [6, 6.07) is 3.62. The predicted molar refractivity (Wildman–Crippen MR) is 73.1 cm³/mol. The van der Waals surface area contributed by atoms with Crippen molar-refractivity contribution in [1.82, 2.24) is 4.90 Å². The van der Waals surface area contributed by atoms with Gasteiger partial charge in [-0.05, 0) is 44.0 Å². The molecule has 0 spiro atoms. The van der Waals surface area contributed by atoms with Crippen LogP contribution in [0.5, 0.6) is 0 Å². The first kappa shape index (κ1) is 13.1. The Hall–Kier alpha value is -0.380. The van der Waals surface area contributed by atoms with E-state index in [4.69, 9.17) is 11.6 Å². The zero-order valence-corrected chi connectivity index (χ0v) is 11.7. The van der Waals surface area contributed by atoms with E-state index in [-0.39, 0.29) is 5.78 Å². The average Bonchev–Trinajstić information content (AvgIpc) is 2.77. The fourth-order valence-electron chi connectivity index (χ4n) is 2.30. The highest BCUT2D eigenvalue weighted by molar-refractivity contribution is 7.18. The molecule has 94 valence electrons. The first-order chi connectivity index (χ1) is 8.19. The third-order valence-electron chi connectivity index (χ3n) is 3.50. The molecule has 0 unspecified atom stereocenters. The smallest absolute Gasteiger partial charge is 0.186 e. The molecule has 2 heterocycles. The molecule has 1 aromatic heterocycles. The Morgan fingerprint density at radius 1 is 1.47 bits per heavy atom. The zero-order valence-electron chi connectivity index (χ0n) is 10.1. The number of carbonyl (C=O) groups is 1. The number of Topliss-reactive ketones (excluding diaryl/α,β-unsaturated/α-hetero) is 1. The number of likely N-dealkylation sites (tertiary alicyclic amines) is 1. The van der Waals surface area contributed by atoms with Crippen LogP contribution in [0.25, 0.3) is 0 Å². The summed E-state index contributed by atoms with van der Waals surface area (Å²) in [7, 11) is 0. The third-order valence-corrected chi connectivity index (χ3v) is 4.77. The van der Waals surface area contributed by atoms with Crippen molar-refractivity contribution >= 4 is 28.7 Å². The maximum absolute atomic E-state index is 12.0. The number of ketones is 1. The van der Waals surface area contributed by atoms with Crippen LogP contribution in [-0.4, -0.2) is 30.3 Å². The number of hydrogen-bond acceptors (Lipinski definition) is 3. The molecule has 1 fully saturated rings. The van der Waals surface area contributed by atoms with E-state index >= 15 is 0 Å². The second kappa shape index (κ2) is 5.98. The van der Waals surface area contributed by atoms with Gasteiger partial charge >= 0.3 is 0 Å². The minimum Gasteiger partial charge on any atom is -0.296 e. The van der Waals surface area contributed by atoms with Crippen LogP contribution in [0.2, 0.25) is 4.34 Å². The van der Waals surface area contributed by atoms with E-state index in [1.165, 1.54) is 30.6 Å². The number of rotatable bonds is 4. The van der Waals surface area contributed by atoms with Crippen LogP contribution >= 0.6 is 22.9 Å². The summed E-state index contributed by atoms with van der Waals surface area (Å²) >= 11 is 7.22. The van der Waals surface area contributed by atoms with E-state index in [9.17, 15) is 4.79 Å². The van der Waals surface area contributed by atoms with Gasteiger partial charge in [-0.15, -0.1) is 11.3 Å². The van der Waals surface area contributed by atoms with Gasteiger partial charge in [-0.2, -0.15) is 0 Å². The molecule has 1 saturated heterocycles. The highest BCUT2D eigenvalue weighted by Crippen LogP contribution is 2.23. The van der Waals surface area contributed by atoms with Gasteiger partial charge in [0.05, 0.1) is 15.8 Å². The first-order valence-electron chi connectivity index (χ1n) is 6.20. The Morgan fingerprint density at radius 2 is 2.18 bits per heavy atom. The van der Waals surface area contributed by atoms with Crippen molar-refractivity contribution in [2.45, 2.75) is 26.2 Å². The maximum atomic E-state index is 12.0. The average molecular weight is 272 g/mol. The lowest BCUT2D eigenvalue weighted by atomic mass is 9.94. The minimum absolute atomic E-state index is 0.205. The van der Waals surface area contributed by atoms with Crippen molar-refractivity contribution in [2.75, 3.05) is 19.6 Å². The topological polar surface area (TPSA) is 20.3 Å². The molecule has 1 aliphatic rings. The summed E-state index contributed by atoms with van der Waals surface area (Å²) in [5.74, 6) is 1.06. The summed E-state index contributed by atoms with van der Waals surface area (Å²) in [6.45, 7) is 4.92. The summed E-state index contributed by atoms with van der Waals surface area (Å²) in [5.41, 5.74) is 0. The van der Waals surface area contributed by atoms with E-state index in [1.54, 1.807) is 6.07 Å². The molecule has 1 aliphatic heterocycles. The fraction of sp³-hybridized carbons (Fsp3) is 0.615. The largest absolute Gasteiger partial charge is 0.296 e.